The maximum atomic E-state index is 3.78. The second-order valence-electron chi connectivity index (χ2n) is 1.07. The van der Waals surface area contributed by atoms with Crippen molar-refractivity contribution in [2.45, 2.75) is 0 Å². The van der Waals surface area contributed by atoms with Crippen LogP contribution >= 0.6 is 39.0 Å². The van der Waals surface area contributed by atoms with Crippen LogP contribution in [0.2, 0.25) is 0 Å². The molecule has 1 aromatic heterocycles. The van der Waals surface area contributed by atoms with Gasteiger partial charge < -0.3 is 0 Å². The van der Waals surface area contributed by atoms with Gasteiger partial charge in [0, 0.05) is 12.4 Å². The summed E-state index contributed by atoms with van der Waals surface area (Å²) in [4.78, 5) is 3.78. The third-order valence-electron chi connectivity index (χ3n) is 0.566. The van der Waals surface area contributed by atoms with Crippen molar-refractivity contribution < 1.29 is 10.8 Å². The van der Waals surface area contributed by atoms with Gasteiger partial charge in [-0.3, -0.25) is 4.98 Å². The van der Waals surface area contributed by atoms with Crippen LogP contribution in [0.15, 0.2) is 30.6 Å². The Balaban J connectivity index is 0.000000187. The van der Waals surface area contributed by atoms with Gasteiger partial charge in [0.05, 0.1) is 0 Å². The van der Waals surface area contributed by atoms with Gasteiger partial charge in [0.15, 0.2) is 0 Å². The van der Waals surface area contributed by atoms with Crippen LogP contribution in [0.4, 0.5) is 0 Å². The Morgan fingerprint density at radius 1 is 1.00 bits per heavy atom. The molecule has 0 fully saturated rings. The van der Waals surface area contributed by atoms with Gasteiger partial charge >= 0.3 is 49.8 Å². The molecule has 0 saturated heterocycles. The number of nitrogens with zero attached hydrogens (tertiary/aromatic N) is 1. The Morgan fingerprint density at radius 3 is 1.56 bits per heavy atom. The summed E-state index contributed by atoms with van der Waals surface area (Å²) in [5.74, 6) is 0. The summed E-state index contributed by atoms with van der Waals surface area (Å²) in [5, 5.41) is 0. The molecular weight excluding hydrogens is 434 g/mol. The maximum Gasteiger partial charge on any atom is 0.0267 e. The fourth-order valence-electron chi connectivity index (χ4n) is 0.313. The van der Waals surface area contributed by atoms with Crippen LogP contribution in [-0.4, -0.2) is 4.98 Å². The van der Waals surface area contributed by atoms with Gasteiger partial charge in [-0.1, -0.05) is 6.07 Å². The molecule has 4 heteroatoms. The molecule has 0 aliphatic heterocycles. The number of aromatic nitrogens is 1. The number of pyridine rings is 1. The minimum atomic E-state index is 0.890. The molecular formula is C5H5I2NPd. The average Bonchev–Trinajstić information content (AvgIpc) is 1.93. The first-order chi connectivity index (χ1) is 4.41. The summed E-state index contributed by atoms with van der Waals surface area (Å²) in [6, 6.07) is 5.72. The van der Waals surface area contributed by atoms with Crippen LogP contribution in [0, 0.1) is 0 Å². The van der Waals surface area contributed by atoms with E-state index in [1.807, 2.05) is 18.2 Å². The van der Waals surface area contributed by atoms with Crippen LogP contribution < -0.4 is 0 Å². The third-order valence-corrected chi connectivity index (χ3v) is 0.566. The van der Waals surface area contributed by atoms with Crippen molar-refractivity contribution in [1.82, 2.24) is 4.98 Å². The quantitative estimate of drug-likeness (QED) is 0.448. The Hall–Kier alpha value is 1.27. The van der Waals surface area contributed by atoms with E-state index in [0.717, 1.165) is 10.8 Å². The third kappa shape index (κ3) is 9.27. The van der Waals surface area contributed by atoms with Gasteiger partial charge in [-0.25, -0.2) is 0 Å². The van der Waals surface area contributed by atoms with Crippen LogP contribution in [0.5, 0.6) is 0 Å². The maximum absolute atomic E-state index is 3.78. The van der Waals surface area contributed by atoms with Crippen molar-refractivity contribution in [3.8, 4) is 0 Å². The van der Waals surface area contributed by atoms with Crippen LogP contribution in [0.25, 0.3) is 0 Å². The van der Waals surface area contributed by atoms with Crippen LogP contribution in [0.1, 0.15) is 0 Å². The Labute approximate surface area is 84.1 Å². The normalized spacial score (nSPS) is 7.78. The van der Waals surface area contributed by atoms with Gasteiger partial charge in [-0.2, -0.15) is 0 Å². The zero-order chi connectivity index (χ0) is 6.95. The number of hydrogen-bond donors (Lipinski definition) is 0. The zero-order valence-electron chi connectivity index (χ0n) is 4.41. The van der Waals surface area contributed by atoms with Gasteiger partial charge in [-0.15, -0.1) is 0 Å². The summed E-state index contributed by atoms with van der Waals surface area (Å²) in [5.41, 5.74) is 0. The molecule has 0 amide bonds. The molecule has 54 valence electrons. The Kier molecular flexibility index (Phi) is 10.6. The molecule has 1 nitrogen and oxygen atoms in total. The molecule has 0 aliphatic rings. The van der Waals surface area contributed by atoms with Crippen molar-refractivity contribution in [2.75, 3.05) is 0 Å². The minimum absolute atomic E-state index is 0.890. The fourth-order valence-corrected chi connectivity index (χ4v) is 0.313. The monoisotopic (exact) mass is 439 g/mol. The van der Waals surface area contributed by atoms with Gasteiger partial charge in [0.2, 0.25) is 0 Å². The summed E-state index contributed by atoms with van der Waals surface area (Å²) in [6.45, 7) is 0. The first-order valence-electron chi connectivity index (χ1n) is 2.09. The second-order valence-corrected chi connectivity index (χ2v) is 13.1. The SMILES string of the molecule is [I][Pd][I].c1ccncc1. The molecule has 0 N–H and O–H groups in total. The largest absolute Gasteiger partial charge is 0.265 e. The van der Waals surface area contributed by atoms with E-state index in [1.54, 1.807) is 12.4 Å². The molecule has 1 aromatic rings. The van der Waals surface area contributed by atoms with E-state index in [-0.39, 0.29) is 0 Å². The number of rotatable bonds is 0. The molecule has 0 bridgehead atoms. The van der Waals surface area contributed by atoms with E-state index in [2.05, 4.69) is 44.0 Å². The second kappa shape index (κ2) is 9.27. The van der Waals surface area contributed by atoms with Crippen LogP contribution in [-0.2, 0) is 10.8 Å². The predicted molar refractivity (Wildman–Crippen MR) is 52.3 cm³/mol. The smallest absolute Gasteiger partial charge is 0.0267 e. The molecule has 1 rings (SSSR count). The standard InChI is InChI=1S/C5H5N.2HI.Pd/c1-2-4-6-5-3-1;;;/h1-5H;2*1H;/q;;;+2/p-2. The molecule has 0 unspecified atom stereocenters. The van der Waals surface area contributed by atoms with Crippen molar-refractivity contribution in [3.05, 3.63) is 30.6 Å². The predicted octanol–water partition coefficient (Wildman–Crippen LogP) is 2.85. The van der Waals surface area contributed by atoms with E-state index in [0.29, 0.717) is 0 Å². The minimum Gasteiger partial charge on any atom is -0.265 e. The summed E-state index contributed by atoms with van der Waals surface area (Å²) < 4.78 is 0. The number of halogens is 2. The molecule has 0 radical (unpaired) electrons. The summed E-state index contributed by atoms with van der Waals surface area (Å²) in [6.07, 6.45) is 3.50. The van der Waals surface area contributed by atoms with Gasteiger partial charge in [-0.05, 0) is 12.1 Å². The molecule has 0 aliphatic carbocycles. The van der Waals surface area contributed by atoms with Crippen molar-refractivity contribution in [1.29, 1.82) is 0 Å². The Morgan fingerprint density at radius 2 is 1.44 bits per heavy atom. The van der Waals surface area contributed by atoms with Crippen molar-refractivity contribution in [3.63, 3.8) is 0 Å². The summed E-state index contributed by atoms with van der Waals surface area (Å²) >= 11 is 4.65. The first kappa shape index (κ1) is 10.3. The van der Waals surface area contributed by atoms with Crippen molar-refractivity contribution >= 4 is 39.0 Å². The first-order valence-corrected chi connectivity index (χ1v) is 11.3. The Bertz CT molecular complexity index is 97.8. The molecule has 0 atom stereocenters. The topological polar surface area (TPSA) is 12.9 Å². The molecule has 9 heavy (non-hydrogen) atoms. The van der Waals surface area contributed by atoms with E-state index >= 15 is 0 Å². The molecule has 0 spiro atoms. The van der Waals surface area contributed by atoms with Gasteiger partial charge in [0.1, 0.15) is 0 Å². The molecule has 1 heterocycles. The van der Waals surface area contributed by atoms with E-state index in [4.69, 9.17) is 0 Å². The van der Waals surface area contributed by atoms with Crippen LogP contribution in [0.3, 0.4) is 0 Å². The van der Waals surface area contributed by atoms with Crippen molar-refractivity contribution in [2.24, 2.45) is 0 Å². The average molecular weight is 439 g/mol. The van der Waals surface area contributed by atoms with E-state index in [9.17, 15) is 0 Å². The van der Waals surface area contributed by atoms with E-state index < -0.39 is 0 Å². The number of hydrogen-bond acceptors (Lipinski definition) is 1. The fraction of sp³-hybridized carbons (Fsp3) is 0. The van der Waals surface area contributed by atoms with Gasteiger partial charge in [0.25, 0.3) is 0 Å². The van der Waals surface area contributed by atoms with E-state index in [1.165, 1.54) is 0 Å². The molecule has 0 aromatic carbocycles. The summed E-state index contributed by atoms with van der Waals surface area (Å²) in [7, 11) is 0.890. The zero-order valence-corrected chi connectivity index (χ0v) is 10.3. The molecule has 0 saturated carbocycles.